The molecule has 1 aliphatic carbocycles. The van der Waals surface area contributed by atoms with Crippen molar-refractivity contribution in [3.05, 3.63) is 29.3 Å². The second kappa shape index (κ2) is 3.79. The zero-order valence-corrected chi connectivity index (χ0v) is 9.24. The molecule has 1 aromatic carbocycles. The lowest BCUT2D eigenvalue weighted by Gasteiger charge is -1.96. The third-order valence-corrected chi connectivity index (χ3v) is 2.78. The fourth-order valence-corrected chi connectivity index (χ4v) is 1.66. The standard InChI is InChI=1S/C11H10ClN3O/c12-9-4-2-1-3-8(9)10-14-11(16-15-10)13-7-5-6-7/h1-4,7H,5-6H2,(H,13,14,15). The first-order valence-electron chi connectivity index (χ1n) is 5.18. The number of rotatable bonds is 3. The summed E-state index contributed by atoms with van der Waals surface area (Å²) in [5, 5.41) is 7.66. The molecule has 1 saturated carbocycles. The van der Waals surface area contributed by atoms with E-state index < -0.39 is 0 Å². The van der Waals surface area contributed by atoms with Crippen molar-refractivity contribution < 1.29 is 4.52 Å². The topological polar surface area (TPSA) is 51.0 Å². The van der Waals surface area contributed by atoms with Crippen LogP contribution in [0.1, 0.15) is 12.8 Å². The van der Waals surface area contributed by atoms with Gasteiger partial charge in [-0.3, -0.25) is 0 Å². The summed E-state index contributed by atoms with van der Waals surface area (Å²) in [6, 6.07) is 8.41. The van der Waals surface area contributed by atoms with Crippen LogP contribution in [0.15, 0.2) is 28.8 Å². The van der Waals surface area contributed by atoms with Gasteiger partial charge in [0.1, 0.15) is 0 Å². The van der Waals surface area contributed by atoms with E-state index in [9.17, 15) is 0 Å². The van der Waals surface area contributed by atoms with E-state index in [2.05, 4.69) is 15.5 Å². The second-order valence-corrected chi connectivity index (χ2v) is 4.23. The summed E-state index contributed by atoms with van der Waals surface area (Å²) in [4.78, 5) is 4.25. The Morgan fingerprint density at radius 3 is 2.88 bits per heavy atom. The van der Waals surface area contributed by atoms with E-state index >= 15 is 0 Å². The number of hydrogen-bond acceptors (Lipinski definition) is 4. The summed E-state index contributed by atoms with van der Waals surface area (Å²) in [5.41, 5.74) is 0.789. The van der Waals surface area contributed by atoms with Crippen LogP contribution in [0.5, 0.6) is 0 Å². The number of nitrogens with zero attached hydrogens (tertiary/aromatic N) is 2. The highest BCUT2D eigenvalue weighted by atomic mass is 35.5. The maximum atomic E-state index is 6.04. The smallest absolute Gasteiger partial charge is 0.322 e. The summed E-state index contributed by atoms with van der Waals surface area (Å²) in [7, 11) is 0. The summed E-state index contributed by atoms with van der Waals surface area (Å²) >= 11 is 6.04. The largest absolute Gasteiger partial charge is 0.335 e. The van der Waals surface area contributed by atoms with Gasteiger partial charge in [0, 0.05) is 11.6 Å². The lowest BCUT2D eigenvalue weighted by atomic mass is 10.2. The molecule has 0 unspecified atom stereocenters. The predicted molar refractivity (Wildman–Crippen MR) is 61.4 cm³/mol. The maximum Gasteiger partial charge on any atom is 0.322 e. The van der Waals surface area contributed by atoms with Crippen molar-refractivity contribution in [1.82, 2.24) is 10.1 Å². The molecule has 0 saturated heterocycles. The van der Waals surface area contributed by atoms with Gasteiger partial charge in [0.25, 0.3) is 0 Å². The van der Waals surface area contributed by atoms with Gasteiger partial charge in [-0.25, -0.2) is 0 Å². The van der Waals surface area contributed by atoms with Gasteiger partial charge in [-0.2, -0.15) is 4.98 Å². The molecular weight excluding hydrogens is 226 g/mol. The van der Waals surface area contributed by atoms with E-state index in [1.165, 1.54) is 12.8 Å². The molecule has 0 spiro atoms. The lowest BCUT2D eigenvalue weighted by molar-refractivity contribution is 0.432. The average molecular weight is 236 g/mol. The zero-order chi connectivity index (χ0) is 11.0. The highest BCUT2D eigenvalue weighted by Crippen LogP contribution is 2.28. The molecule has 3 rings (SSSR count). The lowest BCUT2D eigenvalue weighted by Crippen LogP contribution is -2.00. The van der Waals surface area contributed by atoms with E-state index in [0.717, 1.165) is 5.56 Å². The van der Waals surface area contributed by atoms with Gasteiger partial charge < -0.3 is 9.84 Å². The van der Waals surface area contributed by atoms with Crippen molar-refractivity contribution in [3.8, 4) is 11.4 Å². The minimum Gasteiger partial charge on any atom is -0.335 e. The Balaban J connectivity index is 1.88. The third-order valence-electron chi connectivity index (χ3n) is 2.45. The fraction of sp³-hybridized carbons (Fsp3) is 0.273. The SMILES string of the molecule is Clc1ccccc1-c1noc(NC2CC2)n1. The molecule has 2 aromatic rings. The predicted octanol–water partition coefficient (Wildman–Crippen LogP) is 2.96. The Kier molecular flexibility index (Phi) is 2.29. The highest BCUT2D eigenvalue weighted by molar-refractivity contribution is 6.33. The fourth-order valence-electron chi connectivity index (χ4n) is 1.44. The summed E-state index contributed by atoms with van der Waals surface area (Å²) < 4.78 is 5.09. The Bertz CT molecular complexity index is 507. The average Bonchev–Trinajstić information content (AvgIpc) is 2.97. The Hall–Kier alpha value is -1.55. The molecule has 5 heteroatoms. The molecule has 1 aromatic heterocycles. The van der Waals surface area contributed by atoms with Crippen molar-refractivity contribution in [2.24, 2.45) is 0 Å². The van der Waals surface area contributed by atoms with Gasteiger partial charge in [-0.05, 0) is 25.0 Å². The Morgan fingerprint density at radius 2 is 2.12 bits per heavy atom. The first kappa shape index (κ1) is 9.66. The van der Waals surface area contributed by atoms with E-state index in [4.69, 9.17) is 16.1 Å². The second-order valence-electron chi connectivity index (χ2n) is 3.82. The van der Waals surface area contributed by atoms with E-state index in [-0.39, 0.29) is 0 Å². The maximum absolute atomic E-state index is 6.04. The number of aromatic nitrogens is 2. The van der Waals surface area contributed by atoms with Crippen LogP contribution in [0.4, 0.5) is 6.01 Å². The minimum absolute atomic E-state index is 0.470. The normalized spacial score (nSPS) is 15.1. The van der Waals surface area contributed by atoms with Crippen LogP contribution in [-0.2, 0) is 0 Å². The first-order valence-corrected chi connectivity index (χ1v) is 5.56. The number of nitrogens with one attached hydrogen (secondary N) is 1. The monoisotopic (exact) mass is 235 g/mol. The number of anilines is 1. The molecule has 1 heterocycles. The zero-order valence-electron chi connectivity index (χ0n) is 8.48. The van der Waals surface area contributed by atoms with Crippen LogP contribution in [0, 0.1) is 0 Å². The van der Waals surface area contributed by atoms with E-state index in [1.807, 2.05) is 18.2 Å². The van der Waals surface area contributed by atoms with Crippen molar-refractivity contribution in [2.75, 3.05) is 5.32 Å². The van der Waals surface area contributed by atoms with E-state index in [0.29, 0.717) is 22.9 Å². The molecule has 0 aliphatic heterocycles. The van der Waals surface area contributed by atoms with Crippen LogP contribution in [0.25, 0.3) is 11.4 Å². The van der Waals surface area contributed by atoms with Crippen molar-refractivity contribution in [1.29, 1.82) is 0 Å². The van der Waals surface area contributed by atoms with Gasteiger partial charge in [0.15, 0.2) is 0 Å². The van der Waals surface area contributed by atoms with Crippen LogP contribution in [-0.4, -0.2) is 16.2 Å². The van der Waals surface area contributed by atoms with Crippen LogP contribution >= 0.6 is 11.6 Å². The van der Waals surface area contributed by atoms with Crippen LogP contribution in [0.3, 0.4) is 0 Å². The number of halogens is 1. The third kappa shape index (κ3) is 1.88. The summed E-state index contributed by atoms with van der Waals surface area (Å²) in [6.45, 7) is 0. The first-order chi connectivity index (χ1) is 7.83. The highest BCUT2D eigenvalue weighted by Gasteiger charge is 2.23. The van der Waals surface area contributed by atoms with Gasteiger partial charge in [0.2, 0.25) is 5.82 Å². The Morgan fingerprint density at radius 1 is 1.31 bits per heavy atom. The molecule has 4 nitrogen and oxygen atoms in total. The molecule has 0 bridgehead atoms. The quantitative estimate of drug-likeness (QED) is 0.889. The molecular formula is C11H10ClN3O. The Labute approximate surface area is 97.6 Å². The summed E-state index contributed by atoms with van der Waals surface area (Å²) in [6.07, 6.45) is 2.34. The van der Waals surface area contributed by atoms with Gasteiger partial charge >= 0.3 is 6.01 Å². The molecule has 0 amide bonds. The number of hydrogen-bond donors (Lipinski definition) is 1. The van der Waals surface area contributed by atoms with Gasteiger partial charge in [-0.1, -0.05) is 28.9 Å². The molecule has 0 radical (unpaired) electrons. The van der Waals surface area contributed by atoms with Crippen LogP contribution in [0.2, 0.25) is 5.02 Å². The molecule has 0 atom stereocenters. The minimum atomic E-state index is 0.470. The van der Waals surface area contributed by atoms with Crippen molar-refractivity contribution in [2.45, 2.75) is 18.9 Å². The molecule has 1 fully saturated rings. The number of benzene rings is 1. The molecule has 82 valence electrons. The van der Waals surface area contributed by atoms with Gasteiger partial charge in [-0.15, -0.1) is 0 Å². The van der Waals surface area contributed by atoms with Crippen LogP contribution < -0.4 is 5.32 Å². The molecule has 1 N–H and O–H groups in total. The van der Waals surface area contributed by atoms with E-state index in [1.54, 1.807) is 6.07 Å². The summed E-state index contributed by atoms with van der Waals surface area (Å²) in [5.74, 6) is 0.522. The molecule has 16 heavy (non-hydrogen) atoms. The van der Waals surface area contributed by atoms with Gasteiger partial charge in [0.05, 0.1) is 5.02 Å². The van der Waals surface area contributed by atoms with Crippen molar-refractivity contribution >= 4 is 17.6 Å². The van der Waals surface area contributed by atoms with Crippen molar-refractivity contribution in [3.63, 3.8) is 0 Å². The molecule has 1 aliphatic rings.